The summed E-state index contributed by atoms with van der Waals surface area (Å²) in [5, 5.41) is 9.74. The van der Waals surface area contributed by atoms with E-state index in [4.69, 9.17) is 4.42 Å². The lowest BCUT2D eigenvalue weighted by Gasteiger charge is -2.11. The van der Waals surface area contributed by atoms with Crippen LogP contribution in [-0.4, -0.2) is 9.13 Å². The van der Waals surface area contributed by atoms with Gasteiger partial charge in [0.15, 0.2) is 0 Å². The van der Waals surface area contributed by atoms with E-state index >= 15 is 0 Å². The minimum Gasteiger partial charge on any atom is -0.456 e. The van der Waals surface area contributed by atoms with E-state index < -0.39 is 0 Å². The Labute approximate surface area is 288 Å². The van der Waals surface area contributed by atoms with Crippen LogP contribution in [0.1, 0.15) is 6.92 Å². The summed E-state index contributed by atoms with van der Waals surface area (Å²) in [7, 11) is 0. The number of hydrogen-bond acceptors (Lipinski definition) is 1. The van der Waals surface area contributed by atoms with Crippen molar-refractivity contribution in [3.8, 4) is 16.8 Å². The van der Waals surface area contributed by atoms with Crippen LogP contribution in [0.5, 0.6) is 0 Å². The van der Waals surface area contributed by atoms with Crippen molar-refractivity contribution >= 4 is 82.0 Å². The van der Waals surface area contributed by atoms with Gasteiger partial charge in [0.1, 0.15) is 11.2 Å². The summed E-state index contributed by atoms with van der Waals surface area (Å²) in [6, 6.07) is 50.3. The number of para-hydroxylation sites is 2. The van der Waals surface area contributed by atoms with Gasteiger partial charge < -0.3 is 13.6 Å². The van der Waals surface area contributed by atoms with Crippen LogP contribution in [0.4, 0.5) is 0 Å². The number of rotatable bonds is 5. The van der Waals surface area contributed by atoms with Crippen molar-refractivity contribution in [3.63, 3.8) is 0 Å². The van der Waals surface area contributed by atoms with Crippen LogP contribution < -0.4 is 0 Å². The second kappa shape index (κ2) is 11.0. The van der Waals surface area contributed by atoms with E-state index in [1.807, 2.05) is 25.1 Å². The van der Waals surface area contributed by atoms with Gasteiger partial charge in [0.2, 0.25) is 0 Å². The summed E-state index contributed by atoms with van der Waals surface area (Å²) in [4.78, 5) is 0. The van der Waals surface area contributed by atoms with Gasteiger partial charge in [-0.05, 0) is 89.5 Å². The Morgan fingerprint density at radius 1 is 0.580 bits per heavy atom. The van der Waals surface area contributed by atoms with Crippen molar-refractivity contribution in [3.05, 3.63) is 170 Å². The topological polar surface area (TPSA) is 23.0 Å². The van der Waals surface area contributed by atoms with Crippen LogP contribution in [0.2, 0.25) is 0 Å². The Balaban J connectivity index is 1.25. The number of fused-ring (bicyclic) bond motifs is 11. The fraction of sp³-hybridized carbons (Fsp3) is 0.0213. The molecule has 10 aromatic rings. The number of furan rings is 1. The molecular weight excluding hydrogens is 609 g/mol. The highest BCUT2D eigenvalue weighted by Crippen LogP contribution is 2.42. The van der Waals surface area contributed by atoms with Gasteiger partial charge in [0.05, 0.1) is 22.1 Å². The standard InChI is InChI=1S/C47H32N2O/c1-3-5-14-32(4-2)48-41-27-24-30-13-6-7-15-34(30)46(41)39-28-38-36-16-8-10-19-40(36)49(42(38)29-43(39)48)33-25-22-31(23-26-33)35-18-12-21-45-47(35)37-17-9-11-20-44(37)50-45/h3-29H,2H2,1H3/b5-3-,32-14+. The summed E-state index contributed by atoms with van der Waals surface area (Å²) in [5.41, 5.74) is 11.0. The maximum absolute atomic E-state index is 6.21. The predicted octanol–water partition coefficient (Wildman–Crippen LogP) is 13.2. The van der Waals surface area contributed by atoms with Crippen LogP contribution in [0.15, 0.2) is 175 Å². The summed E-state index contributed by atoms with van der Waals surface area (Å²) in [5.74, 6) is 0. The first-order chi connectivity index (χ1) is 24.7. The third-order valence-corrected chi connectivity index (χ3v) is 10.2. The average Bonchev–Trinajstić information content (AvgIpc) is 3.82. The molecule has 0 aliphatic rings. The van der Waals surface area contributed by atoms with E-state index in [0.29, 0.717) is 0 Å². The van der Waals surface area contributed by atoms with Crippen LogP contribution in [0.3, 0.4) is 0 Å². The van der Waals surface area contributed by atoms with Gasteiger partial charge in [-0.2, -0.15) is 0 Å². The lowest BCUT2D eigenvalue weighted by molar-refractivity contribution is 0.669. The van der Waals surface area contributed by atoms with E-state index in [0.717, 1.165) is 49.9 Å². The molecule has 236 valence electrons. The lowest BCUT2D eigenvalue weighted by Crippen LogP contribution is -1.96. The summed E-state index contributed by atoms with van der Waals surface area (Å²) >= 11 is 0. The quantitative estimate of drug-likeness (QED) is 0.172. The molecule has 0 N–H and O–H groups in total. The second-order valence-corrected chi connectivity index (χ2v) is 12.9. The summed E-state index contributed by atoms with van der Waals surface area (Å²) in [6.45, 7) is 6.28. The molecule has 0 unspecified atom stereocenters. The molecule has 3 nitrogen and oxygen atoms in total. The Bertz CT molecular complexity index is 3050. The second-order valence-electron chi connectivity index (χ2n) is 12.9. The highest BCUT2D eigenvalue weighted by molar-refractivity contribution is 6.26. The van der Waals surface area contributed by atoms with Crippen molar-refractivity contribution in [1.82, 2.24) is 9.13 Å². The van der Waals surface area contributed by atoms with E-state index in [9.17, 15) is 0 Å². The number of aromatic nitrogens is 2. The highest BCUT2D eigenvalue weighted by Gasteiger charge is 2.20. The van der Waals surface area contributed by atoms with Gasteiger partial charge in [-0.3, -0.25) is 0 Å². The van der Waals surface area contributed by atoms with Gasteiger partial charge in [0, 0.05) is 43.7 Å². The molecule has 3 heteroatoms. The third kappa shape index (κ3) is 4.04. The maximum atomic E-state index is 6.21. The van der Waals surface area contributed by atoms with Gasteiger partial charge in [-0.1, -0.05) is 110 Å². The zero-order chi connectivity index (χ0) is 33.3. The molecule has 0 saturated heterocycles. The van der Waals surface area contributed by atoms with Crippen molar-refractivity contribution in [2.24, 2.45) is 0 Å². The number of benzene rings is 7. The van der Waals surface area contributed by atoms with Gasteiger partial charge >= 0.3 is 0 Å². The highest BCUT2D eigenvalue weighted by atomic mass is 16.3. The Kier molecular flexibility index (Phi) is 6.24. The first-order valence-electron chi connectivity index (χ1n) is 17.1. The zero-order valence-corrected chi connectivity index (χ0v) is 27.6. The largest absolute Gasteiger partial charge is 0.456 e. The van der Waals surface area contributed by atoms with E-state index in [-0.39, 0.29) is 0 Å². The molecule has 0 spiro atoms. The minimum atomic E-state index is 0.907. The third-order valence-electron chi connectivity index (χ3n) is 10.2. The van der Waals surface area contributed by atoms with Crippen LogP contribution in [0.25, 0.3) is 98.8 Å². The number of nitrogens with zero attached hydrogens (tertiary/aromatic N) is 2. The van der Waals surface area contributed by atoms with Gasteiger partial charge in [-0.15, -0.1) is 0 Å². The molecule has 3 heterocycles. The normalized spacial score (nSPS) is 12.6. The van der Waals surface area contributed by atoms with Gasteiger partial charge in [0.25, 0.3) is 0 Å². The molecule has 3 aromatic heterocycles. The SMILES string of the molecule is C=C/C(=C\C=C/C)n1c2cc3c(cc2c2c4ccccc4ccc21)c1ccccc1n3-c1ccc(-c2cccc3oc4ccccc4c23)cc1. The van der Waals surface area contributed by atoms with Crippen LogP contribution in [-0.2, 0) is 0 Å². The van der Waals surface area contributed by atoms with Crippen LogP contribution in [0, 0.1) is 0 Å². The number of allylic oxidation sites excluding steroid dienone is 5. The monoisotopic (exact) mass is 640 g/mol. The minimum absolute atomic E-state index is 0.907. The summed E-state index contributed by atoms with van der Waals surface area (Å²) < 4.78 is 11.0. The van der Waals surface area contributed by atoms with Gasteiger partial charge in [-0.25, -0.2) is 0 Å². The fourth-order valence-electron chi connectivity index (χ4n) is 8.04. The van der Waals surface area contributed by atoms with E-state index in [1.165, 1.54) is 48.9 Å². The van der Waals surface area contributed by atoms with Crippen molar-refractivity contribution in [1.29, 1.82) is 0 Å². The average molecular weight is 641 g/mol. The molecule has 0 aliphatic heterocycles. The maximum Gasteiger partial charge on any atom is 0.136 e. The zero-order valence-electron chi connectivity index (χ0n) is 27.6. The molecule has 10 rings (SSSR count). The molecule has 0 amide bonds. The molecule has 7 aromatic carbocycles. The van der Waals surface area contributed by atoms with Crippen molar-refractivity contribution in [2.45, 2.75) is 6.92 Å². The Morgan fingerprint density at radius 2 is 1.34 bits per heavy atom. The Morgan fingerprint density at radius 3 is 2.18 bits per heavy atom. The molecule has 0 fully saturated rings. The molecular formula is C47H32N2O. The molecule has 0 saturated carbocycles. The lowest BCUT2D eigenvalue weighted by atomic mass is 9.99. The first-order valence-corrected chi connectivity index (χ1v) is 17.1. The molecule has 0 aliphatic carbocycles. The smallest absolute Gasteiger partial charge is 0.136 e. The van der Waals surface area contributed by atoms with Crippen molar-refractivity contribution < 1.29 is 4.42 Å². The predicted molar refractivity (Wildman–Crippen MR) is 213 cm³/mol. The number of hydrogen-bond donors (Lipinski definition) is 0. The molecule has 0 atom stereocenters. The Hall–Kier alpha value is -6.58. The molecule has 0 bridgehead atoms. The van der Waals surface area contributed by atoms with E-state index in [2.05, 4.69) is 161 Å². The van der Waals surface area contributed by atoms with Crippen LogP contribution >= 0.6 is 0 Å². The molecule has 50 heavy (non-hydrogen) atoms. The fourth-order valence-corrected chi connectivity index (χ4v) is 8.04. The first kappa shape index (κ1) is 28.4. The van der Waals surface area contributed by atoms with Crippen molar-refractivity contribution in [2.75, 3.05) is 0 Å². The van der Waals surface area contributed by atoms with E-state index in [1.54, 1.807) is 0 Å². The molecule has 0 radical (unpaired) electrons. The summed E-state index contributed by atoms with van der Waals surface area (Å²) in [6.07, 6.45) is 8.24.